The van der Waals surface area contributed by atoms with E-state index in [0.717, 1.165) is 11.1 Å². The second-order valence-electron chi connectivity index (χ2n) is 6.47. The van der Waals surface area contributed by atoms with Crippen LogP contribution in [0, 0.1) is 18.6 Å². The average Bonchev–Trinajstić information content (AvgIpc) is 3.01. The number of rotatable bonds is 3. The van der Waals surface area contributed by atoms with Gasteiger partial charge < -0.3 is 0 Å². The van der Waals surface area contributed by atoms with Crippen molar-refractivity contribution in [2.45, 2.75) is 6.92 Å². The fourth-order valence-electron chi connectivity index (χ4n) is 2.99. The molecule has 0 saturated heterocycles. The van der Waals surface area contributed by atoms with Crippen molar-refractivity contribution in [3.05, 3.63) is 107 Å². The number of amides is 1. The summed E-state index contributed by atoms with van der Waals surface area (Å²) in [7, 11) is 0. The van der Waals surface area contributed by atoms with Gasteiger partial charge in [-0.15, -0.1) is 0 Å². The minimum Gasteiger partial charge on any atom is -0.266 e. The molecule has 1 amide bonds. The number of hydrogen-bond acceptors (Lipinski definition) is 2. The van der Waals surface area contributed by atoms with Gasteiger partial charge in [-0.05, 0) is 55.0 Å². The Balaban J connectivity index is 1.84. The summed E-state index contributed by atoms with van der Waals surface area (Å²) in [5, 5.41) is 0. The first-order valence-corrected chi connectivity index (χ1v) is 8.75. The minimum absolute atomic E-state index is 0.174. The molecule has 1 aliphatic heterocycles. The van der Waals surface area contributed by atoms with E-state index in [0.29, 0.717) is 5.69 Å². The molecule has 4 rings (SSSR count). The molecule has 0 spiro atoms. The van der Waals surface area contributed by atoms with E-state index in [9.17, 15) is 13.6 Å². The average molecular weight is 374 g/mol. The number of carbonyl (C=O) groups excluding carboxylic acids is 1. The lowest BCUT2D eigenvalue weighted by Crippen LogP contribution is -2.33. The van der Waals surface area contributed by atoms with Crippen LogP contribution in [0.4, 0.5) is 14.5 Å². The van der Waals surface area contributed by atoms with Crippen molar-refractivity contribution in [3.63, 3.8) is 0 Å². The summed E-state index contributed by atoms with van der Waals surface area (Å²) in [5.74, 6) is -1.13. The maximum atomic E-state index is 14.4. The van der Waals surface area contributed by atoms with Gasteiger partial charge >= 0.3 is 0 Å². The van der Waals surface area contributed by atoms with Crippen LogP contribution >= 0.6 is 0 Å². The molecule has 28 heavy (non-hydrogen) atoms. The number of benzene rings is 3. The SMILES string of the molecule is Cc1ccc(/C=C2/N=C(c3ccccc3F)N(c3ccc(F)cc3)C2=O)cc1. The Bertz CT molecular complexity index is 1100. The zero-order valence-electron chi connectivity index (χ0n) is 15.1. The number of halogens is 2. The first-order chi connectivity index (χ1) is 13.5. The molecule has 0 radical (unpaired) electrons. The van der Waals surface area contributed by atoms with E-state index < -0.39 is 17.5 Å². The van der Waals surface area contributed by atoms with E-state index in [2.05, 4.69) is 4.99 Å². The standard InChI is InChI=1S/C23H16F2N2O/c1-15-6-8-16(9-7-15)14-21-23(28)27(18-12-10-17(24)11-13-18)22(26-21)19-4-2-3-5-20(19)25/h2-14H,1H3/b21-14+. The molecule has 0 saturated carbocycles. The Kier molecular flexibility index (Phi) is 4.57. The fourth-order valence-corrected chi connectivity index (χ4v) is 2.99. The Hall–Kier alpha value is -3.60. The summed E-state index contributed by atoms with van der Waals surface area (Å²) in [6.07, 6.45) is 1.66. The third-order valence-corrected chi connectivity index (χ3v) is 4.44. The Morgan fingerprint density at radius 2 is 1.57 bits per heavy atom. The normalized spacial score (nSPS) is 15.2. The molecule has 138 valence electrons. The second kappa shape index (κ2) is 7.19. The Morgan fingerprint density at radius 1 is 0.893 bits per heavy atom. The Labute approximate surface area is 161 Å². The second-order valence-corrected chi connectivity index (χ2v) is 6.47. The maximum Gasteiger partial charge on any atom is 0.282 e. The van der Waals surface area contributed by atoms with Crippen molar-refractivity contribution < 1.29 is 13.6 Å². The Morgan fingerprint density at radius 3 is 2.25 bits per heavy atom. The predicted octanol–water partition coefficient (Wildman–Crippen LogP) is 5.11. The third-order valence-electron chi connectivity index (χ3n) is 4.44. The quantitative estimate of drug-likeness (QED) is 0.587. The highest BCUT2D eigenvalue weighted by Gasteiger charge is 2.33. The van der Waals surface area contributed by atoms with Gasteiger partial charge in [0.25, 0.3) is 5.91 Å². The highest BCUT2D eigenvalue weighted by atomic mass is 19.1. The summed E-state index contributed by atoms with van der Waals surface area (Å²) in [6, 6.07) is 19.2. The lowest BCUT2D eigenvalue weighted by molar-refractivity contribution is -0.113. The van der Waals surface area contributed by atoms with Crippen molar-refractivity contribution in [3.8, 4) is 0 Å². The molecule has 0 atom stereocenters. The first kappa shape index (κ1) is 17.8. The van der Waals surface area contributed by atoms with Crippen LogP contribution in [0.3, 0.4) is 0 Å². The van der Waals surface area contributed by atoms with Gasteiger partial charge in [0, 0.05) is 0 Å². The molecule has 3 nitrogen and oxygen atoms in total. The van der Waals surface area contributed by atoms with Gasteiger partial charge in [0.05, 0.1) is 11.3 Å². The van der Waals surface area contributed by atoms with Crippen LogP contribution in [0.15, 0.2) is 83.5 Å². The molecule has 0 unspecified atom stereocenters. The van der Waals surface area contributed by atoms with E-state index in [1.54, 1.807) is 24.3 Å². The molecule has 0 N–H and O–H groups in total. The van der Waals surface area contributed by atoms with Crippen LogP contribution in [0.5, 0.6) is 0 Å². The smallest absolute Gasteiger partial charge is 0.266 e. The monoisotopic (exact) mass is 374 g/mol. The molecule has 0 aromatic heterocycles. The van der Waals surface area contributed by atoms with E-state index in [1.165, 1.54) is 35.2 Å². The van der Waals surface area contributed by atoms with Crippen LogP contribution < -0.4 is 4.90 Å². The lowest BCUT2D eigenvalue weighted by Gasteiger charge is -2.18. The van der Waals surface area contributed by atoms with Crippen molar-refractivity contribution in [2.75, 3.05) is 4.90 Å². The predicted molar refractivity (Wildman–Crippen MR) is 106 cm³/mol. The van der Waals surface area contributed by atoms with Gasteiger partial charge in [-0.1, -0.05) is 42.0 Å². The van der Waals surface area contributed by atoms with Crippen molar-refractivity contribution in [1.82, 2.24) is 0 Å². The van der Waals surface area contributed by atoms with Gasteiger partial charge in [0.2, 0.25) is 0 Å². The summed E-state index contributed by atoms with van der Waals surface area (Å²) in [5.41, 5.74) is 2.72. The number of carbonyl (C=O) groups is 1. The number of hydrogen-bond donors (Lipinski definition) is 0. The molecule has 3 aromatic carbocycles. The largest absolute Gasteiger partial charge is 0.282 e. The van der Waals surface area contributed by atoms with Crippen LogP contribution in [0.1, 0.15) is 16.7 Å². The first-order valence-electron chi connectivity index (χ1n) is 8.75. The zero-order chi connectivity index (χ0) is 19.7. The number of nitrogens with zero attached hydrogens (tertiary/aromatic N) is 2. The van der Waals surface area contributed by atoms with Gasteiger partial charge in [-0.25, -0.2) is 13.8 Å². The van der Waals surface area contributed by atoms with Crippen LogP contribution in [0.2, 0.25) is 0 Å². The van der Waals surface area contributed by atoms with E-state index >= 15 is 0 Å². The van der Waals surface area contributed by atoms with Crippen molar-refractivity contribution in [2.24, 2.45) is 4.99 Å². The van der Waals surface area contributed by atoms with Gasteiger partial charge in [0.1, 0.15) is 17.3 Å². The number of amidine groups is 1. The molecular formula is C23H16F2N2O. The van der Waals surface area contributed by atoms with E-state index in [-0.39, 0.29) is 17.1 Å². The molecular weight excluding hydrogens is 358 g/mol. The number of anilines is 1. The minimum atomic E-state index is -0.488. The van der Waals surface area contributed by atoms with Crippen molar-refractivity contribution >= 4 is 23.5 Å². The molecule has 3 aromatic rings. The molecule has 1 aliphatic rings. The van der Waals surface area contributed by atoms with Crippen LogP contribution in [0.25, 0.3) is 6.08 Å². The van der Waals surface area contributed by atoms with Crippen LogP contribution in [-0.2, 0) is 4.79 Å². The number of aryl methyl sites for hydroxylation is 1. The van der Waals surface area contributed by atoms with E-state index in [1.807, 2.05) is 31.2 Å². The van der Waals surface area contributed by atoms with Gasteiger partial charge in [-0.3, -0.25) is 9.69 Å². The summed E-state index contributed by atoms with van der Waals surface area (Å²) >= 11 is 0. The highest BCUT2D eigenvalue weighted by molar-refractivity contribution is 6.33. The molecule has 0 bridgehead atoms. The molecule has 5 heteroatoms. The van der Waals surface area contributed by atoms with Gasteiger partial charge in [-0.2, -0.15) is 0 Å². The summed E-state index contributed by atoms with van der Waals surface area (Å²) in [6.45, 7) is 1.97. The fraction of sp³-hybridized carbons (Fsp3) is 0.0435. The molecule has 0 aliphatic carbocycles. The van der Waals surface area contributed by atoms with Gasteiger partial charge in [0.15, 0.2) is 5.84 Å². The highest BCUT2D eigenvalue weighted by Crippen LogP contribution is 2.29. The summed E-state index contributed by atoms with van der Waals surface area (Å²) < 4.78 is 27.8. The lowest BCUT2D eigenvalue weighted by atomic mass is 10.1. The van der Waals surface area contributed by atoms with Crippen LogP contribution in [-0.4, -0.2) is 11.7 Å². The zero-order valence-corrected chi connectivity index (χ0v) is 15.1. The molecule has 1 heterocycles. The summed E-state index contributed by atoms with van der Waals surface area (Å²) in [4.78, 5) is 18.8. The topological polar surface area (TPSA) is 32.7 Å². The number of aliphatic imine (C=N–C) groups is 1. The molecule has 0 fully saturated rings. The maximum absolute atomic E-state index is 14.4. The van der Waals surface area contributed by atoms with Crippen molar-refractivity contribution in [1.29, 1.82) is 0 Å². The van der Waals surface area contributed by atoms with E-state index in [4.69, 9.17) is 0 Å². The third kappa shape index (κ3) is 3.34.